The van der Waals surface area contributed by atoms with Crippen molar-refractivity contribution in [2.75, 3.05) is 38.2 Å². The van der Waals surface area contributed by atoms with Gasteiger partial charge in [0.05, 0.1) is 12.7 Å². The molecule has 7 heteroatoms. The summed E-state index contributed by atoms with van der Waals surface area (Å²) in [6.45, 7) is 10.1. The Kier molecular flexibility index (Phi) is 6.18. The first-order chi connectivity index (χ1) is 11.6. The van der Waals surface area contributed by atoms with Gasteiger partial charge in [-0.3, -0.25) is 0 Å². The second kappa shape index (κ2) is 7.80. The number of nitrogens with zero attached hydrogens (tertiary/aromatic N) is 2. The van der Waals surface area contributed by atoms with E-state index in [-0.39, 0.29) is 12.1 Å². The van der Waals surface area contributed by atoms with Crippen molar-refractivity contribution >= 4 is 40.3 Å². The van der Waals surface area contributed by atoms with E-state index in [4.69, 9.17) is 9.47 Å². The summed E-state index contributed by atoms with van der Waals surface area (Å²) in [6.07, 6.45) is -0.276. The lowest BCUT2D eigenvalue weighted by atomic mass is 10.1. The maximum Gasteiger partial charge on any atom is 0.410 e. The highest BCUT2D eigenvalue weighted by Crippen LogP contribution is 2.28. The molecule has 1 heterocycles. The van der Waals surface area contributed by atoms with Crippen molar-refractivity contribution in [3.05, 3.63) is 26.8 Å². The Morgan fingerprint density at radius 1 is 1.12 bits per heavy atom. The number of rotatable bonds is 2. The Bertz CT molecular complexity index is 662. The predicted molar refractivity (Wildman–Crippen MR) is 105 cm³/mol. The second-order valence-electron chi connectivity index (χ2n) is 7.04. The van der Waals surface area contributed by atoms with Crippen molar-refractivity contribution in [1.82, 2.24) is 4.90 Å². The molecule has 0 spiro atoms. The minimum atomic E-state index is -0.490. The summed E-state index contributed by atoms with van der Waals surface area (Å²) in [5.74, 6) is -0.329. The number of carbonyl (C=O) groups excluding carboxylic acids is 2. The highest BCUT2D eigenvalue weighted by molar-refractivity contribution is 14.1. The van der Waals surface area contributed by atoms with Crippen LogP contribution in [-0.4, -0.2) is 55.9 Å². The molecule has 1 aliphatic heterocycles. The number of methoxy groups -OCH3 is 1. The van der Waals surface area contributed by atoms with Crippen LogP contribution in [0.15, 0.2) is 12.1 Å². The summed E-state index contributed by atoms with van der Waals surface area (Å²) in [7, 11) is 1.39. The van der Waals surface area contributed by atoms with Crippen LogP contribution in [0.3, 0.4) is 0 Å². The molecule has 0 radical (unpaired) electrons. The van der Waals surface area contributed by atoms with Crippen LogP contribution in [0.2, 0.25) is 0 Å². The molecule has 1 saturated heterocycles. The predicted octanol–water partition coefficient (Wildman–Crippen LogP) is 3.44. The Morgan fingerprint density at radius 3 is 2.24 bits per heavy atom. The molecule has 2 rings (SSSR count). The standard InChI is InChI=1S/C18H25IN2O4/c1-12-14(16(22)24-5)10-13(19)11-15(12)20-6-8-21(9-7-20)17(23)25-18(2,3)4/h10-11H,6-9H2,1-5H3. The van der Waals surface area contributed by atoms with E-state index in [1.807, 2.05) is 33.8 Å². The molecule has 0 aliphatic carbocycles. The monoisotopic (exact) mass is 460 g/mol. The zero-order valence-corrected chi connectivity index (χ0v) is 17.5. The molecule has 0 bridgehead atoms. The summed E-state index contributed by atoms with van der Waals surface area (Å²) in [5, 5.41) is 0. The van der Waals surface area contributed by atoms with Crippen molar-refractivity contribution in [2.24, 2.45) is 0 Å². The minimum Gasteiger partial charge on any atom is -0.465 e. The van der Waals surface area contributed by atoms with Crippen molar-refractivity contribution in [1.29, 1.82) is 0 Å². The summed E-state index contributed by atoms with van der Waals surface area (Å²) >= 11 is 2.20. The van der Waals surface area contributed by atoms with E-state index in [0.717, 1.165) is 14.8 Å². The molecular formula is C18H25IN2O4. The van der Waals surface area contributed by atoms with E-state index in [0.29, 0.717) is 31.7 Å². The van der Waals surface area contributed by atoms with Crippen LogP contribution in [-0.2, 0) is 9.47 Å². The third-order valence-electron chi connectivity index (χ3n) is 4.02. The molecule has 0 atom stereocenters. The number of halogens is 1. The van der Waals surface area contributed by atoms with E-state index in [1.165, 1.54) is 7.11 Å². The van der Waals surface area contributed by atoms with E-state index in [9.17, 15) is 9.59 Å². The van der Waals surface area contributed by atoms with Gasteiger partial charge in [-0.05, 0) is 68.0 Å². The average molecular weight is 460 g/mol. The number of esters is 1. The van der Waals surface area contributed by atoms with Gasteiger partial charge < -0.3 is 19.3 Å². The number of anilines is 1. The number of carbonyl (C=O) groups is 2. The van der Waals surface area contributed by atoms with Gasteiger partial charge in [-0.25, -0.2) is 9.59 Å². The van der Waals surface area contributed by atoms with Crippen molar-refractivity contribution in [3.63, 3.8) is 0 Å². The van der Waals surface area contributed by atoms with Gasteiger partial charge in [-0.1, -0.05) is 0 Å². The summed E-state index contributed by atoms with van der Waals surface area (Å²) in [6, 6.07) is 3.90. The fourth-order valence-electron chi connectivity index (χ4n) is 2.77. The largest absolute Gasteiger partial charge is 0.465 e. The number of benzene rings is 1. The smallest absolute Gasteiger partial charge is 0.410 e. The fourth-order valence-corrected chi connectivity index (χ4v) is 3.38. The zero-order valence-electron chi connectivity index (χ0n) is 15.4. The molecule has 138 valence electrons. The van der Waals surface area contributed by atoms with Crippen molar-refractivity contribution in [3.8, 4) is 0 Å². The maximum atomic E-state index is 12.2. The van der Waals surface area contributed by atoms with Gasteiger partial charge in [0, 0.05) is 35.4 Å². The quantitative estimate of drug-likeness (QED) is 0.500. The first-order valence-electron chi connectivity index (χ1n) is 8.23. The lowest BCUT2D eigenvalue weighted by Gasteiger charge is -2.37. The van der Waals surface area contributed by atoms with Crippen LogP contribution >= 0.6 is 22.6 Å². The molecule has 0 unspecified atom stereocenters. The molecule has 1 aliphatic rings. The molecule has 6 nitrogen and oxygen atoms in total. The number of hydrogen-bond donors (Lipinski definition) is 0. The Balaban J connectivity index is 2.12. The number of amides is 1. The van der Waals surface area contributed by atoms with E-state index in [2.05, 4.69) is 33.6 Å². The zero-order chi connectivity index (χ0) is 18.8. The first-order valence-corrected chi connectivity index (χ1v) is 9.31. The highest BCUT2D eigenvalue weighted by Gasteiger charge is 2.27. The summed E-state index contributed by atoms with van der Waals surface area (Å²) < 4.78 is 11.3. The maximum absolute atomic E-state index is 12.2. The van der Waals surface area contributed by atoms with E-state index < -0.39 is 5.60 Å². The summed E-state index contributed by atoms with van der Waals surface area (Å²) in [4.78, 5) is 28.1. The molecule has 0 saturated carbocycles. The lowest BCUT2D eigenvalue weighted by Crippen LogP contribution is -2.50. The lowest BCUT2D eigenvalue weighted by molar-refractivity contribution is 0.0240. The Labute approximate surface area is 162 Å². The number of ether oxygens (including phenoxy) is 2. The van der Waals surface area contributed by atoms with Crippen LogP contribution < -0.4 is 4.90 Å². The molecule has 25 heavy (non-hydrogen) atoms. The van der Waals surface area contributed by atoms with Crippen LogP contribution in [0.1, 0.15) is 36.7 Å². The number of piperazine rings is 1. The van der Waals surface area contributed by atoms with Gasteiger partial charge in [0.2, 0.25) is 0 Å². The first kappa shape index (κ1) is 19.8. The van der Waals surface area contributed by atoms with Gasteiger partial charge in [-0.15, -0.1) is 0 Å². The molecule has 1 fully saturated rings. The second-order valence-corrected chi connectivity index (χ2v) is 8.29. The average Bonchev–Trinajstić information content (AvgIpc) is 2.54. The SMILES string of the molecule is COC(=O)c1cc(I)cc(N2CCN(C(=O)OC(C)(C)C)CC2)c1C. The van der Waals surface area contributed by atoms with Gasteiger partial charge >= 0.3 is 12.1 Å². The Hall–Kier alpha value is -1.51. The van der Waals surface area contributed by atoms with Crippen molar-refractivity contribution in [2.45, 2.75) is 33.3 Å². The van der Waals surface area contributed by atoms with Gasteiger partial charge in [0.1, 0.15) is 5.60 Å². The highest BCUT2D eigenvalue weighted by atomic mass is 127. The van der Waals surface area contributed by atoms with E-state index >= 15 is 0 Å². The Morgan fingerprint density at radius 2 is 1.72 bits per heavy atom. The van der Waals surface area contributed by atoms with Gasteiger partial charge in [0.25, 0.3) is 0 Å². The van der Waals surface area contributed by atoms with Gasteiger partial charge in [0.15, 0.2) is 0 Å². The van der Waals surface area contributed by atoms with Crippen LogP contribution in [0.25, 0.3) is 0 Å². The molecule has 1 aromatic rings. The number of hydrogen-bond acceptors (Lipinski definition) is 5. The van der Waals surface area contributed by atoms with Crippen LogP contribution in [0.5, 0.6) is 0 Å². The molecule has 1 amide bonds. The third kappa shape index (κ3) is 4.99. The van der Waals surface area contributed by atoms with Crippen molar-refractivity contribution < 1.29 is 19.1 Å². The van der Waals surface area contributed by atoms with Gasteiger partial charge in [-0.2, -0.15) is 0 Å². The third-order valence-corrected chi connectivity index (χ3v) is 4.65. The molecular weight excluding hydrogens is 435 g/mol. The molecule has 1 aromatic carbocycles. The normalized spacial score (nSPS) is 15.1. The van der Waals surface area contributed by atoms with Crippen LogP contribution in [0, 0.1) is 10.5 Å². The fraction of sp³-hybridized carbons (Fsp3) is 0.556. The van der Waals surface area contributed by atoms with Crippen LogP contribution in [0.4, 0.5) is 10.5 Å². The summed E-state index contributed by atoms with van der Waals surface area (Å²) in [5.41, 5.74) is 2.00. The topological polar surface area (TPSA) is 59.1 Å². The molecule has 0 N–H and O–H groups in total. The van der Waals surface area contributed by atoms with E-state index in [1.54, 1.807) is 4.90 Å². The molecule has 0 aromatic heterocycles. The minimum absolute atomic E-state index is 0.276.